The normalized spacial score (nSPS) is 18.1. The summed E-state index contributed by atoms with van der Waals surface area (Å²) in [6, 6.07) is 6.32. The maximum absolute atomic E-state index is 5.85. The minimum Gasteiger partial charge on any atom is -0.492 e. The fourth-order valence-corrected chi connectivity index (χ4v) is 3.09. The SMILES string of the molecule is CCCNCc1ccc(OCCCC2CCCO2)c(Br)c1. The van der Waals surface area contributed by atoms with Crippen molar-refractivity contribution in [3.8, 4) is 5.75 Å². The number of nitrogens with one attached hydrogen (secondary N) is 1. The molecule has 4 heteroatoms. The third-order valence-electron chi connectivity index (χ3n) is 3.70. The second-order valence-electron chi connectivity index (χ2n) is 5.57. The summed E-state index contributed by atoms with van der Waals surface area (Å²) in [6.07, 6.45) is 6.21. The largest absolute Gasteiger partial charge is 0.492 e. The number of rotatable bonds is 9. The van der Waals surface area contributed by atoms with Gasteiger partial charge in [0, 0.05) is 13.2 Å². The van der Waals surface area contributed by atoms with Crippen molar-refractivity contribution in [3.05, 3.63) is 28.2 Å². The van der Waals surface area contributed by atoms with Crippen LogP contribution in [0.15, 0.2) is 22.7 Å². The molecule has 0 spiro atoms. The first-order valence-electron chi connectivity index (χ1n) is 8.03. The third kappa shape index (κ3) is 5.97. The third-order valence-corrected chi connectivity index (χ3v) is 4.32. The van der Waals surface area contributed by atoms with E-state index in [0.29, 0.717) is 6.10 Å². The van der Waals surface area contributed by atoms with Gasteiger partial charge in [0.15, 0.2) is 0 Å². The second kappa shape index (κ2) is 9.44. The van der Waals surface area contributed by atoms with Crippen molar-refractivity contribution in [1.82, 2.24) is 5.32 Å². The molecule has 0 aliphatic carbocycles. The minimum atomic E-state index is 0.462. The van der Waals surface area contributed by atoms with Crippen LogP contribution in [0, 0.1) is 0 Å². The summed E-state index contributed by atoms with van der Waals surface area (Å²) in [7, 11) is 0. The standard InChI is InChI=1S/C17H26BrNO2/c1-2-9-19-13-14-7-8-17(16(18)12-14)21-11-4-6-15-5-3-10-20-15/h7-8,12,15,19H,2-6,9-11,13H2,1H3. The van der Waals surface area contributed by atoms with Gasteiger partial charge in [-0.05, 0) is 72.3 Å². The van der Waals surface area contributed by atoms with Gasteiger partial charge in [0.1, 0.15) is 5.75 Å². The highest BCUT2D eigenvalue weighted by Gasteiger charge is 2.14. The van der Waals surface area contributed by atoms with Gasteiger partial charge in [-0.1, -0.05) is 13.0 Å². The van der Waals surface area contributed by atoms with Gasteiger partial charge in [-0.2, -0.15) is 0 Å². The quantitative estimate of drug-likeness (QED) is 0.670. The van der Waals surface area contributed by atoms with Crippen molar-refractivity contribution in [2.75, 3.05) is 19.8 Å². The Kier molecular flexibility index (Phi) is 7.54. The minimum absolute atomic E-state index is 0.462. The topological polar surface area (TPSA) is 30.5 Å². The van der Waals surface area contributed by atoms with Gasteiger partial charge in [-0.15, -0.1) is 0 Å². The molecule has 118 valence electrons. The highest BCUT2D eigenvalue weighted by molar-refractivity contribution is 9.10. The maximum atomic E-state index is 5.85. The lowest BCUT2D eigenvalue weighted by Gasteiger charge is -2.12. The van der Waals surface area contributed by atoms with Crippen LogP contribution >= 0.6 is 15.9 Å². The van der Waals surface area contributed by atoms with E-state index in [1.54, 1.807) is 0 Å². The van der Waals surface area contributed by atoms with E-state index in [9.17, 15) is 0 Å². The molecule has 1 aromatic carbocycles. The van der Waals surface area contributed by atoms with Crippen LogP contribution in [0.4, 0.5) is 0 Å². The molecule has 1 aliphatic rings. The van der Waals surface area contributed by atoms with Crippen molar-refractivity contribution in [1.29, 1.82) is 0 Å². The van der Waals surface area contributed by atoms with Crippen molar-refractivity contribution in [2.24, 2.45) is 0 Å². The summed E-state index contributed by atoms with van der Waals surface area (Å²) >= 11 is 3.60. The monoisotopic (exact) mass is 355 g/mol. The first-order valence-corrected chi connectivity index (χ1v) is 8.82. The molecule has 1 unspecified atom stereocenters. The van der Waals surface area contributed by atoms with Crippen LogP contribution < -0.4 is 10.1 Å². The Hall–Kier alpha value is -0.580. The Labute approximate surface area is 136 Å². The molecule has 1 aliphatic heterocycles. The molecule has 2 rings (SSSR count). The first kappa shape index (κ1) is 16.8. The lowest BCUT2D eigenvalue weighted by Crippen LogP contribution is -2.13. The summed E-state index contributed by atoms with van der Waals surface area (Å²) in [6.45, 7) is 5.83. The number of benzene rings is 1. The number of hydrogen-bond acceptors (Lipinski definition) is 3. The summed E-state index contributed by atoms with van der Waals surface area (Å²) in [4.78, 5) is 0. The zero-order chi connectivity index (χ0) is 14.9. The van der Waals surface area contributed by atoms with E-state index in [1.807, 2.05) is 0 Å². The fourth-order valence-electron chi connectivity index (χ4n) is 2.55. The lowest BCUT2D eigenvalue weighted by atomic mass is 10.1. The molecular weight excluding hydrogens is 330 g/mol. The molecule has 1 N–H and O–H groups in total. The molecule has 0 radical (unpaired) electrons. The number of hydrogen-bond donors (Lipinski definition) is 1. The van der Waals surface area contributed by atoms with E-state index in [1.165, 1.54) is 18.4 Å². The summed E-state index contributed by atoms with van der Waals surface area (Å²) < 4.78 is 12.5. The average Bonchev–Trinajstić information content (AvgIpc) is 2.99. The van der Waals surface area contributed by atoms with Crippen molar-refractivity contribution in [2.45, 2.75) is 51.7 Å². The van der Waals surface area contributed by atoms with E-state index in [2.05, 4.69) is 46.4 Å². The van der Waals surface area contributed by atoms with Crippen molar-refractivity contribution in [3.63, 3.8) is 0 Å². The summed E-state index contributed by atoms with van der Waals surface area (Å²) in [5.41, 5.74) is 1.28. The fraction of sp³-hybridized carbons (Fsp3) is 0.647. The van der Waals surface area contributed by atoms with E-state index in [4.69, 9.17) is 9.47 Å². The Morgan fingerprint density at radius 3 is 3.05 bits per heavy atom. The molecule has 3 nitrogen and oxygen atoms in total. The van der Waals surface area contributed by atoms with Crippen LogP contribution in [0.2, 0.25) is 0 Å². The highest BCUT2D eigenvalue weighted by atomic mass is 79.9. The average molecular weight is 356 g/mol. The molecule has 1 heterocycles. The van der Waals surface area contributed by atoms with Crippen LogP contribution in [-0.2, 0) is 11.3 Å². The van der Waals surface area contributed by atoms with Crippen LogP contribution in [-0.4, -0.2) is 25.9 Å². The Balaban J connectivity index is 1.69. The Bertz CT molecular complexity index is 419. The highest BCUT2D eigenvalue weighted by Crippen LogP contribution is 2.26. The molecule has 1 saturated heterocycles. The van der Waals surface area contributed by atoms with Crippen molar-refractivity contribution >= 4 is 15.9 Å². The van der Waals surface area contributed by atoms with Gasteiger partial charge < -0.3 is 14.8 Å². The van der Waals surface area contributed by atoms with E-state index >= 15 is 0 Å². The molecule has 21 heavy (non-hydrogen) atoms. The predicted octanol–water partition coefficient (Wildman–Crippen LogP) is 4.29. The molecule has 1 fully saturated rings. The van der Waals surface area contributed by atoms with Gasteiger partial charge in [0.2, 0.25) is 0 Å². The Morgan fingerprint density at radius 2 is 2.33 bits per heavy atom. The van der Waals surface area contributed by atoms with E-state index < -0.39 is 0 Å². The van der Waals surface area contributed by atoms with E-state index in [0.717, 1.165) is 55.8 Å². The van der Waals surface area contributed by atoms with Crippen LogP contribution in [0.3, 0.4) is 0 Å². The zero-order valence-electron chi connectivity index (χ0n) is 12.9. The molecule has 0 amide bonds. The Morgan fingerprint density at radius 1 is 1.43 bits per heavy atom. The van der Waals surface area contributed by atoms with Crippen LogP contribution in [0.1, 0.15) is 44.6 Å². The molecule has 0 saturated carbocycles. The number of ether oxygens (including phenoxy) is 2. The summed E-state index contributed by atoms with van der Waals surface area (Å²) in [5, 5.41) is 3.41. The zero-order valence-corrected chi connectivity index (χ0v) is 14.5. The number of halogens is 1. The van der Waals surface area contributed by atoms with Gasteiger partial charge in [0.25, 0.3) is 0 Å². The van der Waals surface area contributed by atoms with Gasteiger partial charge >= 0.3 is 0 Å². The molecular formula is C17H26BrNO2. The lowest BCUT2D eigenvalue weighted by molar-refractivity contribution is 0.0981. The first-order chi connectivity index (χ1) is 10.3. The van der Waals surface area contributed by atoms with E-state index in [-0.39, 0.29) is 0 Å². The van der Waals surface area contributed by atoms with Crippen LogP contribution in [0.25, 0.3) is 0 Å². The van der Waals surface area contributed by atoms with Gasteiger partial charge in [-0.3, -0.25) is 0 Å². The summed E-state index contributed by atoms with van der Waals surface area (Å²) in [5.74, 6) is 0.932. The van der Waals surface area contributed by atoms with Gasteiger partial charge in [0.05, 0.1) is 17.2 Å². The van der Waals surface area contributed by atoms with Crippen LogP contribution in [0.5, 0.6) is 5.75 Å². The van der Waals surface area contributed by atoms with Gasteiger partial charge in [-0.25, -0.2) is 0 Å². The smallest absolute Gasteiger partial charge is 0.133 e. The predicted molar refractivity (Wildman–Crippen MR) is 89.8 cm³/mol. The molecule has 1 aromatic rings. The second-order valence-corrected chi connectivity index (χ2v) is 6.42. The molecule has 0 aromatic heterocycles. The molecule has 1 atom stereocenters. The maximum Gasteiger partial charge on any atom is 0.133 e. The van der Waals surface area contributed by atoms with Crippen molar-refractivity contribution < 1.29 is 9.47 Å². The molecule has 0 bridgehead atoms.